The summed E-state index contributed by atoms with van der Waals surface area (Å²) in [6.07, 6.45) is 1.94. The van der Waals surface area contributed by atoms with Crippen molar-refractivity contribution in [3.8, 4) is 0 Å². The minimum absolute atomic E-state index is 0.0629. The third-order valence-electron chi connectivity index (χ3n) is 4.16. The molecule has 0 unspecified atom stereocenters. The number of benzene rings is 2. The predicted octanol–water partition coefficient (Wildman–Crippen LogP) is 3.02. The van der Waals surface area contributed by atoms with Crippen molar-refractivity contribution in [1.82, 2.24) is 10.6 Å². The Balaban J connectivity index is 1.85. The number of carbonyl (C=O) groups is 3. The van der Waals surface area contributed by atoms with Gasteiger partial charge < -0.3 is 21.3 Å². The molecule has 0 fully saturated rings. The number of hydrogen-bond acceptors (Lipinski definition) is 4. The maximum atomic E-state index is 12.2. The fourth-order valence-electron chi connectivity index (χ4n) is 2.61. The van der Waals surface area contributed by atoms with Crippen LogP contribution < -0.4 is 21.3 Å². The first-order valence-corrected chi connectivity index (χ1v) is 9.83. The SMILES string of the molecule is CCCCNC(=O)c1cccc(NC(=O)CNc2ccc(C(=O)NCC)cc2)c1. The molecule has 2 aromatic rings. The van der Waals surface area contributed by atoms with Crippen LogP contribution in [0.1, 0.15) is 47.4 Å². The molecule has 7 nitrogen and oxygen atoms in total. The first-order chi connectivity index (χ1) is 14.0. The fourth-order valence-corrected chi connectivity index (χ4v) is 2.61. The Morgan fingerprint density at radius 3 is 2.24 bits per heavy atom. The summed E-state index contributed by atoms with van der Waals surface area (Å²) in [6.45, 7) is 5.19. The Labute approximate surface area is 171 Å². The van der Waals surface area contributed by atoms with Crippen LogP contribution in [0.2, 0.25) is 0 Å². The van der Waals surface area contributed by atoms with Crippen LogP contribution in [0.5, 0.6) is 0 Å². The van der Waals surface area contributed by atoms with E-state index >= 15 is 0 Å². The minimum atomic E-state index is -0.235. The van der Waals surface area contributed by atoms with Crippen LogP contribution in [0, 0.1) is 0 Å². The summed E-state index contributed by atoms with van der Waals surface area (Å²) < 4.78 is 0. The van der Waals surface area contributed by atoms with Crippen molar-refractivity contribution in [2.45, 2.75) is 26.7 Å². The summed E-state index contributed by atoms with van der Waals surface area (Å²) >= 11 is 0. The van der Waals surface area contributed by atoms with E-state index in [1.165, 1.54) is 0 Å². The van der Waals surface area contributed by atoms with Gasteiger partial charge in [-0.15, -0.1) is 0 Å². The van der Waals surface area contributed by atoms with Gasteiger partial charge in [-0.3, -0.25) is 14.4 Å². The molecular formula is C22H28N4O3. The standard InChI is InChI=1S/C22H28N4O3/c1-3-5-13-24-22(29)17-7-6-8-19(14-17)26-20(27)15-25-18-11-9-16(10-12-18)21(28)23-4-2/h6-12,14,25H,3-5,13,15H2,1-2H3,(H,23,28)(H,24,29)(H,26,27). The minimum Gasteiger partial charge on any atom is -0.376 e. The molecule has 7 heteroatoms. The van der Waals surface area contributed by atoms with E-state index in [0.29, 0.717) is 29.9 Å². The first kappa shape index (κ1) is 21.9. The van der Waals surface area contributed by atoms with Crippen LogP contribution in [0.15, 0.2) is 48.5 Å². The van der Waals surface area contributed by atoms with Gasteiger partial charge in [0, 0.05) is 35.6 Å². The number of nitrogens with one attached hydrogen (secondary N) is 4. The van der Waals surface area contributed by atoms with Crippen molar-refractivity contribution in [2.75, 3.05) is 30.3 Å². The van der Waals surface area contributed by atoms with E-state index in [0.717, 1.165) is 18.5 Å². The largest absolute Gasteiger partial charge is 0.376 e. The van der Waals surface area contributed by atoms with Crippen molar-refractivity contribution in [3.05, 3.63) is 59.7 Å². The third kappa shape index (κ3) is 7.29. The molecule has 154 valence electrons. The van der Waals surface area contributed by atoms with Gasteiger partial charge in [0.1, 0.15) is 0 Å². The van der Waals surface area contributed by atoms with Crippen LogP contribution in [0.25, 0.3) is 0 Å². The predicted molar refractivity (Wildman–Crippen MR) is 115 cm³/mol. The molecule has 4 N–H and O–H groups in total. The fraction of sp³-hybridized carbons (Fsp3) is 0.318. The van der Waals surface area contributed by atoms with Crippen LogP contribution in [-0.2, 0) is 4.79 Å². The summed E-state index contributed by atoms with van der Waals surface area (Å²) in [5.41, 5.74) is 2.37. The molecule has 0 spiro atoms. The molecule has 2 aromatic carbocycles. The zero-order chi connectivity index (χ0) is 21.1. The van der Waals surface area contributed by atoms with Crippen molar-refractivity contribution >= 4 is 29.1 Å². The van der Waals surface area contributed by atoms with Crippen molar-refractivity contribution in [3.63, 3.8) is 0 Å². The summed E-state index contributed by atoms with van der Waals surface area (Å²) in [6, 6.07) is 13.7. The second-order valence-electron chi connectivity index (χ2n) is 6.53. The van der Waals surface area contributed by atoms with E-state index in [4.69, 9.17) is 0 Å². The van der Waals surface area contributed by atoms with Crippen molar-refractivity contribution in [1.29, 1.82) is 0 Å². The highest BCUT2D eigenvalue weighted by Gasteiger charge is 2.08. The molecule has 0 aromatic heterocycles. The molecule has 0 aliphatic carbocycles. The van der Waals surface area contributed by atoms with E-state index < -0.39 is 0 Å². The van der Waals surface area contributed by atoms with E-state index in [1.54, 1.807) is 48.5 Å². The molecule has 0 saturated carbocycles. The van der Waals surface area contributed by atoms with Gasteiger partial charge in [0.15, 0.2) is 0 Å². The third-order valence-corrected chi connectivity index (χ3v) is 4.16. The quantitative estimate of drug-likeness (QED) is 0.464. The van der Waals surface area contributed by atoms with Gasteiger partial charge in [0.25, 0.3) is 11.8 Å². The van der Waals surface area contributed by atoms with Crippen molar-refractivity contribution < 1.29 is 14.4 Å². The first-order valence-electron chi connectivity index (χ1n) is 9.83. The molecule has 0 radical (unpaired) electrons. The van der Waals surface area contributed by atoms with E-state index in [-0.39, 0.29) is 24.3 Å². The summed E-state index contributed by atoms with van der Waals surface area (Å²) in [7, 11) is 0. The van der Waals surface area contributed by atoms with E-state index in [2.05, 4.69) is 28.2 Å². The zero-order valence-corrected chi connectivity index (χ0v) is 16.9. The summed E-state index contributed by atoms with van der Waals surface area (Å²) in [5.74, 6) is -0.517. The second kappa shape index (κ2) is 11.5. The maximum absolute atomic E-state index is 12.2. The average Bonchev–Trinajstić information content (AvgIpc) is 2.73. The monoisotopic (exact) mass is 396 g/mol. The molecule has 29 heavy (non-hydrogen) atoms. The molecular weight excluding hydrogens is 368 g/mol. The number of amides is 3. The van der Waals surface area contributed by atoms with Gasteiger partial charge in [-0.25, -0.2) is 0 Å². The molecule has 0 aliphatic heterocycles. The van der Waals surface area contributed by atoms with E-state index in [9.17, 15) is 14.4 Å². The Morgan fingerprint density at radius 1 is 0.828 bits per heavy atom. The lowest BCUT2D eigenvalue weighted by Gasteiger charge is -2.10. The van der Waals surface area contributed by atoms with Crippen molar-refractivity contribution in [2.24, 2.45) is 0 Å². The van der Waals surface area contributed by atoms with Crippen LogP contribution in [0.4, 0.5) is 11.4 Å². The summed E-state index contributed by atoms with van der Waals surface area (Å²) in [5, 5.41) is 11.4. The van der Waals surface area contributed by atoms with Crippen LogP contribution >= 0.6 is 0 Å². The smallest absolute Gasteiger partial charge is 0.251 e. The molecule has 0 atom stereocenters. The Morgan fingerprint density at radius 2 is 1.55 bits per heavy atom. The maximum Gasteiger partial charge on any atom is 0.251 e. The van der Waals surface area contributed by atoms with Gasteiger partial charge in [0.2, 0.25) is 5.91 Å². The lowest BCUT2D eigenvalue weighted by atomic mass is 10.2. The molecule has 0 bridgehead atoms. The molecule has 2 rings (SSSR count). The lowest BCUT2D eigenvalue weighted by molar-refractivity contribution is -0.114. The highest BCUT2D eigenvalue weighted by atomic mass is 16.2. The van der Waals surface area contributed by atoms with E-state index in [1.807, 2.05) is 6.92 Å². The van der Waals surface area contributed by atoms with Gasteiger partial charge in [-0.2, -0.15) is 0 Å². The zero-order valence-electron chi connectivity index (χ0n) is 16.9. The van der Waals surface area contributed by atoms with Gasteiger partial charge >= 0.3 is 0 Å². The van der Waals surface area contributed by atoms with Gasteiger partial charge in [-0.1, -0.05) is 19.4 Å². The second-order valence-corrected chi connectivity index (χ2v) is 6.53. The number of carbonyl (C=O) groups excluding carboxylic acids is 3. The van der Waals surface area contributed by atoms with Gasteiger partial charge in [-0.05, 0) is 55.8 Å². The van der Waals surface area contributed by atoms with Crippen LogP contribution in [0.3, 0.4) is 0 Å². The number of unbranched alkanes of at least 4 members (excludes halogenated alkanes) is 1. The highest BCUT2D eigenvalue weighted by Crippen LogP contribution is 2.12. The normalized spacial score (nSPS) is 10.1. The Bertz CT molecular complexity index is 834. The molecule has 0 aliphatic rings. The van der Waals surface area contributed by atoms with Crippen LogP contribution in [-0.4, -0.2) is 37.4 Å². The molecule has 0 heterocycles. The number of rotatable bonds is 10. The number of hydrogen-bond donors (Lipinski definition) is 4. The Hall–Kier alpha value is -3.35. The number of anilines is 2. The summed E-state index contributed by atoms with van der Waals surface area (Å²) in [4.78, 5) is 36.1. The topological polar surface area (TPSA) is 99.3 Å². The lowest BCUT2D eigenvalue weighted by Crippen LogP contribution is -2.25. The van der Waals surface area contributed by atoms with Gasteiger partial charge in [0.05, 0.1) is 6.54 Å². The molecule has 0 saturated heterocycles. The average molecular weight is 396 g/mol. The molecule has 3 amide bonds. The highest BCUT2D eigenvalue weighted by molar-refractivity contribution is 5.98. The Kier molecular flexibility index (Phi) is 8.69.